The minimum atomic E-state index is -0.264. The predicted molar refractivity (Wildman–Crippen MR) is 81.5 cm³/mol. The van der Waals surface area contributed by atoms with Crippen molar-refractivity contribution in [2.75, 3.05) is 20.1 Å². The highest BCUT2D eigenvalue weighted by atomic mass is 16.2. The molecule has 1 aliphatic carbocycles. The van der Waals surface area contributed by atoms with Crippen molar-refractivity contribution in [3.8, 4) is 0 Å². The lowest BCUT2D eigenvalue weighted by Gasteiger charge is -2.39. The summed E-state index contributed by atoms with van der Waals surface area (Å²) < 4.78 is 0. The molecular formula is C16H24N4O. The SMILES string of the molecule is CN(Cc1ccncc1)C1CCC[C@@H]2CN(C(N)=O)C[C@H]12. The van der Waals surface area contributed by atoms with E-state index in [4.69, 9.17) is 5.73 Å². The van der Waals surface area contributed by atoms with Crippen LogP contribution in [0.1, 0.15) is 24.8 Å². The number of pyridine rings is 1. The third kappa shape index (κ3) is 3.02. The van der Waals surface area contributed by atoms with Gasteiger partial charge in [-0.1, -0.05) is 6.42 Å². The van der Waals surface area contributed by atoms with E-state index in [1.54, 1.807) is 0 Å². The van der Waals surface area contributed by atoms with Gasteiger partial charge in [-0.15, -0.1) is 0 Å². The van der Waals surface area contributed by atoms with Gasteiger partial charge in [0.1, 0.15) is 0 Å². The largest absolute Gasteiger partial charge is 0.351 e. The van der Waals surface area contributed by atoms with Gasteiger partial charge in [0.25, 0.3) is 0 Å². The molecule has 114 valence electrons. The second kappa shape index (κ2) is 6.02. The van der Waals surface area contributed by atoms with Crippen LogP contribution in [0.5, 0.6) is 0 Å². The van der Waals surface area contributed by atoms with Crippen LogP contribution in [0.15, 0.2) is 24.5 Å². The van der Waals surface area contributed by atoms with E-state index in [-0.39, 0.29) is 6.03 Å². The number of amides is 2. The number of aromatic nitrogens is 1. The second-order valence-electron chi connectivity index (χ2n) is 6.44. The Morgan fingerprint density at radius 2 is 2.14 bits per heavy atom. The number of carbonyl (C=O) groups excluding carboxylic acids is 1. The second-order valence-corrected chi connectivity index (χ2v) is 6.44. The van der Waals surface area contributed by atoms with Crippen LogP contribution in [-0.4, -0.2) is 47.0 Å². The molecule has 1 saturated heterocycles. The molecule has 2 aliphatic rings. The van der Waals surface area contributed by atoms with E-state index in [1.807, 2.05) is 17.3 Å². The monoisotopic (exact) mass is 288 g/mol. The van der Waals surface area contributed by atoms with Crippen LogP contribution in [0.4, 0.5) is 4.79 Å². The maximum absolute atomic E-state index is 11.4. The molecular weight excluding hydrogens is 264 g/mol. The van der Waals surface area contributed by atoms with Gasteiger partial charge in [0, 0.05) is 38.1 Å². The van der Waals surface area contributed by atoms with Crippen molar-refractivity contribution in [3.05, 3.63) is 30.1 Å². The van der Waals surface area contributed by atoms with Crippen molar-refractivity contribution in [2.45, 2.75) is 31.8 Å². The molecule has 1 aliphatic heterocycles. The summed E-state index contributed by atoms with van der Waals surface area (Å²) in [5.74, 6) is 1.19. The van der Waals surface area contributed by atoms with Gasteiger partial charge in [-0.3, -0.25) is 9.88 Å². The molecule has 1 aromatic heterocycles. The summed E-state index contributed by atoms with van der Waals surface area (Å²) in [7, 11) is 2.19. The normalized spacial score (nSPS) is 28.7. The van der Waals surface area contributed by atoms with Crippen LogP contribution in [-0.2, 0) is 6.54 Å². The Labute approximate surface area is 126 Å². The van der Waals surface area contributed by atoms with Gasteiger partial charge in [-0.25, -0.2) is 4.79 Å². The minimum absolute atomic E-state index is 0.264. The van der Waals surface area contributed by atoms with Gasteiger partial charge >= 0.3 is 6.03 Å². The molecule has 0 aromatic carbocycles. The molecule has 3 atom stereocenters. The van der Waals surface area contributed by atoms with Crippen molar-refractivity contribution in [1.82, 2.24) is 14.8 Å². The van der Waals surface area contributed by atoms with E-state index >= 15 is 0 Å². The first kappa shape index (κ1) is 14.3. The Morgan fingerprint density at radius 1 is 1.38 bits per heavy atom. The maximum atomic E-state index is 11.4. The van der Waals surface area contributed by atoms with Crippen LogP contribution >= 0.6 is 0 Å². The highest BCUT2D eigenvalue weighted by molar-refractivity contribution is 5.72. The molecule has 21 heavy (non-hydrogen) atoms. The van der Waals surface area contributed by atoms with Crippen molar-refractivity contribution in [3.63, 3.8) is 0 Å². The minimum Gasteiger partial charge on any atom is -0.351 e. The molecule has 0 spiro atoms. The molecule has 1 saturated carbocycles. The average Bonchev–Trinajstić information content (AvgIpc) is 2.92. The fraction of sp³-hybridized carbons (Fsp3) is 0.625. The van der Waals surface area contributed by atoms with E-state index in [2.05, 4.69) is 29.1 Å². The number of rotatable bonds is 3. The zero-order chi connectivity index (χ0) is 14.8. The van der Waals surface area contributed by atoms with Crippen molar-refractivity contribution < 1.29 is 4.79 Å². The fourth-order valence-electron chi connectivity index (χ4n) is 4.06. The van der Waals surface area contributed by atoms with Crippen LogP contribution in [0.25, 0.3) is 0 Å². The fourth-order valence-corrected chi connectivity index (χ4v) is 4.06. The molecule has 0 radical (unpaired) electrons. The molecule has 3 rings (SSSR count). The summed E-state index contributed by atoms with van der Waals surface area (Å²) in [6.45, 7) is 2.61. The number of nitrogens with zero attached hydrogens (tertiary/aromatic N) is 3. The molecule has 2 fully saturated rings. The lowest BCUT2D eigenvalue weighted by Crippen LogP contribution is -2.43. The summed E-state index contributed by atoms with van der Waals surface area (Å²) in [6, 6.07) is 4.42. The summed E-state index contributed by atoms with van der Waals surface area (Å²) in [4.78, 5) is 19.8. The lowest BCUT2D eigenvalue weighted by molar-refractivity contribution is 0.105. The molecule has 5 heteroatoms. The smallest absolute Gasteiger partial charge is 0.314 e. The molecule has 2 heterocycles. The van der Waals surface area contributed by atoms with Crippen LogP contribution < -0.4 is 5.73 Å². The van der Waals surface area contributed by atoms with Crippen molar-refractivity contribution in [2.24, 2.45) is 17.6 Å². The van der Waals surface area contributed by atoms with Crippen LogP contribution in [0.3, 0.4) is 0 Å². The van der Waals surface area contributed by atoms with E-state index < -0.39 is 0 Å². The quantitative estimate of drug-likeness (QED) is 0.920. The summed E-state index contributed by atoms with van der Waals surface area (Å²) in [5.41, 5.74) is 6.75. The zero-order valence-corrected chi connectivity index (χ0v) is 12.6. The third-order valence-corrected chi connectivity index (χ3v) is 5.12. The first-order valence-corrected chi connectivity index (χ1v) is 7.78. The summed E-state index contributed by atoms with van der Waals surface area (Å²) in [6.07, 6.45) is 7.39. The van der Waals surface area contributed by atoms with Gasteiger partial charge in [0.2, 0.25) is 0 Å². The number of carbonyl (C=O) groups is 1. The van der Waals surface area contributed by atoms with E-state index in [1.165, 1.54) is 24.8 Å². The highest BCUT2D eigenvalue weighted by Crippen LogP contribution is 2.38. The van der Waals surface area contributed by atoms with Crippen molar-refractivity contribution >= 4 is 6.03 Å². The molecule has 2 N–H and O–H groups in total. The van der Waals surface area contributed by atoms with Gasteiger partial charge in [0.05, 0.1) is 0 Å². The highest BCUT2D eigenvalue weighted by Gasteiger charge is 2.42. The Morgan fingerprint density at radius 3 is 2.86 bits per heavy atom. The lowest BCUT2D eigenvalue weighted by atomic mass is 9.77. The Bertz CT molecular complexity index is 492. The summed E-state index contributed by atoms with van der Waals surface area (Å²) in [5, 5.41) is 0. The van der Waals surface area contributed by atoms with Crippen LogP contribution in [0, 0.1) is 11.8 Å². The number of nitrogens with two attached hydrogens (primary N) is 1. The molecule has 1 unspecified atom stereocenters. The molecule has 5 nitrogen and oxygen atoms in total. The van der Waals surface area contributed by atoms with Gasteiger partial charge in [-0.05, 0) is 49.4 Å². The van der Waals surface area contributed by atoms with E-state index in [0.29, 0.717) is 17.9 Å². The number of primary amides is 1. The number of likely N-dealkylation sites (tertiary alicyclic amines) is 1. The number of hydrogen-bond acceptors (Lipinski definition) is 3. The molecule has 2 amide bonds. The predicted octanol–water partition coefficient (Wildman–Crippen LogP) is 1.69. The van der Waals surface area contributed by atoms with Gasteiger partial charge < -0.3 is 10.6 Å². The first-order valence-electron chi connectivity index (χ1n) is 7.78. The topological polar surface area (TPSA) is 62.5 Å². The maximum Gasteiger partial charge on any atom is 0.314 e. The zero-order valence-electron chi connectivity index (χ0n) is 12.6. The van der Waals surface area contributed by atoms with E-state index in [0.717, 1.165) is 19.6 Å². The standard InChI is InChI=1S/C16H24N4O/c1-19(9-12-5-7-18-8-6-12)15-4-2-3-13-10-20(16(17)21)11-14(13)15/h5-8,13-15H,2-4,9-11H2,1H3,(H2,17,21)/t13-,14+,15?/m1/s1. The average molecular weight is 288 g/mol. The van der Waals surface area contributed by atoms with Gasteiger partial charge in [0.15, 0.2) is 0 Å². The Kier molecular flexibility index (Phi) is 4.10. The molecule has 0 bridgehead atoms. The van der Waals surface area contributed by atoms with Crippen LogP contribution in [0.2, 0.25) is 0 Å². The Balaban J connectivity index is 1.68. The van der Waals surface area contributed by atoms with Crippen molar-refractivity contribution in [1.29, 1.82) is 0 Å². The number of hydrogen-bond donors (Lipinski definition) is 1. The van der Waals surface area contributed by atoms with Gasteiger partial charge in [-0.2, -0.15) is 0 Å². The number of urea groups is 1. The summed E-state index contributed by atoms with van der Waals surface area (Å²) >= 11 is 0. The first-order chi connectivity index (χ1) is 10.1. The third-order valence-electron chi connectivity index (χ3n) is 5.12. The number of fused-ring (bicyclic) bond motifs is 1. The Hall–Kier alpha value is -1.62. The van der Waals surface area contributed by atoms with E-state index in [9.17, 15) is 4.79 Å². The molecule has 1 aromatic rings.